The van der Waals surface area contributed by atoms with E-state index in [1.807, 2.05) is 6.92 Å². The first-order valence-corrected chi connectivity index (χ1v) is 5.08. The number of carbonyl (C=O) groups is 1. The molecule has 0 spiro atoms. The number of halogens is 1. The summed E-state index contributed by atoms with van der Waals surface area (Å²) >= 11 is 0. The predicted octanol–water partition coefficient (Wildman–Crippen LogP) is 2.81. The van der Waals surface area contributed by atoms with E-state index < -0.39 is 5.97 Å². The van der Waals surface area contributed by atoms with Crippen LogP contribution in [0.4, 0.5) is 4.39 Å². The third kappa shape index (κ3) is 1.30. The van der Waals surface area contributed by atoms with Crippen LogP contribution < -0.4 is 0 Å². The van der Waals surface area contributed by atoms with Gasteiger partial charge in [0.2, 0.25) is 0 Å². The molecule has 0 bridgehead atoms. The number of hydrogen-bond acceptors (Lipinski definition) is 1. The lowest BCUT2D eigenvalue weighted by Gasteiger charge is -2.03. The van der Waals surface area contributed by atoms with Gasteiger partial charge in [0.25, 0.3) is 0 Å². The topological polar surface area (TPSA) is 42.2 Å². The summed E-state index contributed by atoms with van der Waals surface area (Å²) in [5.41, 5.74) is 1.29. The highest BCUT2D eigenvalue weighted by atomic mass is 19.1. The number of nitrogens with zero attached hydrogens (tertiary/aromatic N) is 1. The summed E-state index contributed by atoms with van der Waals surface area (Å²) in [7, 11) is 0. The highest BCUT2D eigenvalue weighted by Gasteiger charge is 2.20. The van der Waals surface area contributed by atoms with Crippen molar-refractivity contribution in [1.82, 2.24) is 4.57 Å². The lowest BCUT2D eigenvalue weighted by molar-refractivity contribution is 0.0685. The number of carboxylic acids is 1. The summed E-state index contributed by atoms with van der Waals surface area (Å²) in [5.74, 6) is -1.39. The van der Waals surface area contributed by atoms with Gasteiger partial charge in [0.15, 0.2) is 0 Å². The molecule has 1 heterocycles. The van der Waals surface area contributed by atoms with Crippen LogP contribution >= 0.6 is 0 Å². The average molecular weight is 221 g/mol. The van der Waals surface area contributed by atoms with Crippen molar-refractivity contribution in [1.29, 1.82) is 0 Å². The highest BCUT2D eigenvalue weighted by molar-refractivity contribution is 5.98. The highest BCUT2D eigenvalue weighted by Crippen LogP contribution is 2.27. The van der Waals surface area contributed by atoms with Gasteiger partial charge < -0.3 is 9.67 Å². The van der Waals surface area contributed by atoms with Crippen molar-refractivity contribution in [2.75, 3.05) is 0 Å². The number of fused-ring (bicyclic) bond motifs is 1. The zero-order valence-corrected chi connectivity index (χ0v) is 9.12. The summed E-state index contributed by atoms with van der Waals surface area (Å²) in [4.78, 5) is 11.1. The Morgan fingerprint density at radius 1 is 1.50 bits per heavy atom. The van der Waals surface area contributed by atoms with Crippen molar-refractivity contribution in [3.8, 4) is 0 Å². The lowest BCUT2D eigenvalue weighted by atomic mass is 10.1. The minimum absolute atomic E-state index is 0.169. The van der Waals surface area contributed by atoms with Gasteiger partial charge in [0.05, 0.1) is 5.52 Å². The minimum atomic E-state index is -1.02. The molecule has 0 atom stereocenters. The van der Waals surface area contributed by atoms with E-state index in [9.17, 15) is 9.18 Å². The molecular formula is C12H12FNO2. The van der Waals surface area contributed by atoms with Crippen molar-refractivity contribution in [2.45, 2.75) is 20.4 Å². The van der Waals surface area contributed by atoms with Crippen LogP contribution in [0, 0.1) is 12.7 Å². The van der Waals surface area contributed by atoms with Crippen LogP contribution in [0.15, 0.2) is 18.2 Å². The summed E-state index contributed by atoms with van der Waals surface area (Å²) < 4.78 is 15.3. The molecule has 16 heavy (non-hydrogen) atoms. The molecule has 0 aliphatic heterocycles. The van der Waals surface area contributed by atoms with Crippen molar-refractivity contribution in [2.24, 2.45) is 0 Å². The quantitative estimate of drug-likeness (QED) is 0.847. The molecule has 3 nitrogen and oxygen atoms in total. The second-order valence-corrected chi connectivity index (χ2v) is 3.66. The maximum Gasteiger partial charge on any atom is 0.352 e. The van der Waals surface area contributed by atoms with Crippen molar-refractivity contribution in [3.63, 3.8) is 0 Å². The molecule has 0 saturated carbocycles. The monoisotopic (exact) mass is 221 g/mol. The zero-order valence-electron chi connectivity index (χ0n) is 9.12. The second kappa shape index (κ2) is 3.63. The Kier molecular flexibility index (Phi) is 2.42. The maximum absolute atomic E-state index is 13.6. The standard InChI is InChI=1S/C12H12FNO2/c1-3-14-9-6-4-5-8(13)10(9)7(2)11(14)12(15)16/h4-6H,3H2,1-2H3,(H,15,16). The molecule has 1 N–H and O–H groups in total. The number of hydrogen-bond donors (Lipinski definition) is 1. The summed E-state index contributed by atoms with van der Waals surface area (Å²) in [6.07, 6.45) is 0. The number of aromatic nitrogens is 1. The van der Waals surface area contributed by atoms with Crippen molar-refractivity contribution in [3.05, 3.63) is 35.3 Å². The molecule has 0 radical (unpaired) electrons. The third-order valence-corrected chi connectivity index (χ3v) is 2.80. The Hall–Kier alpha value is -1.84. The van der Waals surface area contributed by atoms with E-state index in [-0.39, 0.29) is 11.5 Å². The molecule has 0 aliphatic carbocycles. The predicted molar refractivity (Wildman–Crippen MR) is 59.3 cm³/mol. The number of carboxylic acid groups (broad SMARTS) is 1. The van der Waals surface area contributed by atoms with Crippen LogP contribution in [0.1, 0.15) is 23.0 Å². The summed E-state index contributed by atoms with van der Waals surface area (Å²) in [6.45, 7) is 3.99. The molecule has 4 heteroatoms. The first-order valence-electron chi connectivity index (χ1n) is 5.08. The Morgan fingerprint density at radius 2 is 2.19 bits per heavy atom. The SMILES string of the molecule is CCn1c(C(=O)O)c(C)c2c(F)cccc21. The van der Waals surface area contributed by atoms with E-state index in [1.54, 1.807) is 23.6 Å². The minimum Gasteiger partial charge on any atom is -0.477 e. The molecule has 0 saturated heterocycles. The molecule has 1 aromatic carbocycles. The molecule has 0 fully saturated rings. The van der Waals surface area contributed by atoms with Crippen LogP contribution in [0.2, 0.25) is 0 Å². The van der Waals surface area contributed by atoms with E-state index in [0.29, 0.717) is 23.0 Å². The van der Waals surface area contributed by atoms with E-state index in [1.165, 1.54) is 6.07 Å². The summed E-state index contributed by atoms with van der Waals surface area (Å²) in [5, 5.41) is 9.53. The largest absolute Gasteiger partial charge is 0.477 e. The number of aryl methyl sites for hydroxylation is 2. The maximum atomic E-state index is 13.6. The Morgan fingerprint density at radius 3 is 2.75 bits per heavy atom. The first kappa shape index (κ1) is 10.7. The van der Waals surface area contributed by atoms with Crippen LogP contribution in [-0.4, -0.2) is 15.6 Å². The van der Waals surface area contributed by atoms with Gasteiger partial charge in [-0.1, -0.05) is 6.07 Å². The number of aromatic carboxylic acids is 1. The van der Waals surface area contributed by atoms with E-state index in [2.05, 4.69) is 0 Å². The second-order valence-electron chi connectivity index (χ2n) is 3.66. The molecule has 84 valence electrons. The lowest BCUT2D eigenvalue weighted by Crippen LogP contribution is -2.08. The van der Waals surface area contributed by atoms with Crippen LogP contribution in [0.25, 0.3) is 10.9 Å². The zero-order chi connectivity index (χ0) is 11.9. The first-order chi connectivity index (χ1) is 7.57. The van der Waals surface area contributed by atoms with Crippen molar-refractivity contribution >= 4 is 16.9 Å². The van der Waals surface area contributed by atoms with E-state index in [4.69, 9.17) is 5.11 Å². The fourth-order valence-corrected chi connectivity index (χ4v) is 2.15. The van der Waals surface area contributed by atoms with Gasteiger partial charge >= 0.3 is 5.97 Å². The number of rotatable bonds is 2. The number of benzene rings is 1. The Labute approximate surface area is 92.1 Å². The molecular weight excluding hydrogens is 209 g/mol. The molecule has 0 unspecified atom stereocenters. The Bertz CT molecular complexity index is 572. The van der Waals surface area contributed by atoms with Gasteiger partial charge in [-0.15, -0.1) is 0 Å². The summed E-state index contributed by atoms with van der Waals surface area (Å²) in [6, 6.07) is 4.68. The van der Waals surface area contributed by atoms with Gasteiger partial charge in [-0.3, -0.25) is 0 Å². The van der Waals surface area contributed by atoms with Crippen LogP contribution in [-0.2, 0) is 6.54 Å². The fraction of sp³-hybridized carbons (Fsp3) is 0.250. The van der Waals surface area contributed by atoms with Crippen LogP contribution in [0.5, 0.6) is 0 Å². The van der Waals surface area contributed by atoms with Gasteiger partial charge in [-0.25, -0.2) is 9.18 Å². The van der Waals surface area contributed by atoms with Crippen LogP contribution in [0.3, 0.4) is 0 Å². The molecule has 2 aromatic rings. The fourth-order valence-electron chi connectivity index (χ4n) is 2.15. The van der Waals surface area contributed by atoms with Gasteiger partial charge in [0, 0.05) is 11.9 Å². The van der Waals surface area contributed by atoms with Gasteiger partial charge in [0.1, 0.15) is 11.5 Å². The third-order valence-electron chi connectivity index (χ3n) is 2.80. The van der Waals surface area contributed by atoms with E-state index >= 15 is 0 Å². The van der Waals surface area contributed by atoms with E-state index in [0.717, 1.165) is 0 Å². The van der Waals surface area contributed by atoms with Gasteiger partial charge in [-0.05, 0) is 31.5 Å². The molecule has 0 amide bonds. The normalized spacial score (nSPS) is 10.9. The molecule has 1 aromatic heterocycles. The van der Waals surface area contributed by atoms with Gasteiger partial charge in [-0.2, -0.15) is 0 Å². The molecule has 2 rings (SSSR count). The smallest absolute Gasteiger partial charge is 0.352 e. The Balaban J connectivity index is 2.96. The van der Waals surface area contributed by atoms with Crippen molar-refractivity contribution < 1.29 is 14.3 Å². The average Bonchev–Trinajstić information content (AvgIpc) is 2.52. The molecule has 0 aliphatic rings.